The lowest BCUT2D eigenvalue weighted by atomic mass is 9.91. The van der Waals surface area contributed by atoms with Gasteiger partial charge in [-0.1, -0.05) is 311 Å². The molecule has 1 aromatic carbocycles. The Bertz CT molecular complexity index is 3910. The molecule has 0 saturated carbocycles. The first-order valence-corrected chi connectivity index (χ1v) is 55.8. The van der Waals surface area contributed by atoms with Crippen molar-refractivity contribution in [2.24, 2.45) is 101 Å². The summed E-state index contributed by atoms with van der Waals surface area (Å²) in [5, 5.41) is 22.2. The second kappa shape index (κ2) is 79.4. The molecule has 0 saturated heterocycles. The van der Waals surface area contributed by atoms with Crippen LogP contribution in [0.25, 0.3) is 0 Å². The first-order chi connectivity index (χ1) is 67.6. The summed E-state index contributed by atoms with van der Waals surface area (Å²) in [5.41, 5.74) is 2.42. The maximum absolute atomic E-state index is 12.9. The van der Waals surface area contributed by atoms with Crippen molar-refractivity contribution in [2.45, 2.75) is 461 Å². The lowest BCUT2D eigenvalue weighted by molar-refractivity contribution is -0.139. The normalized spacial score (nSPS) is 13.0. The summed E-state index contributed by atoms with van der Waals surface area (Å²) in [5.74, 6) is -0.710. The molecule has 0 radical (unpaired) electrons. The molecular weight excluding hydrogens is 1860 g/mol. The van der Waals surface area contributed by atoms with E-state index >= 15 is 0 Å². The summed E-state index contributed by atoms with van der Waals surface area (Å²) in [6.07, 6.45) is 7.66. The Morgan fingerprint density at radius 2 is 0.537 bits per heavy atom. The van der Waals surface area contributed by atoms with Gasteiger partial charge in [0.05, 0.1) is 69.0 Å². The van der Waals surface area contributed by atoms with Gasteiger partial charge >= 0.3 is 0 Å². The quantitative estimate of drug-likeness (QED) is 0.0235. The number of benzene rings is 1. The molecule has 0 aliphatic heterocycles. The number of carbonyl (C=O) groups excluding carboxylic acids is 18. The Hall–Kier alpha value is -7.60. The average Bonchev–Trinajstić information content (AvgIpc) is 0.823. The van der Waals surface area contributed by atoms with Crippen molar-refractivity contribution < 1.29 is 86.3 Å². The largest absolute Gasteiger partial charge is 0.346 e. The van der Waals surface area contributed by atoms with Crippen LogP contribution < -0.4 is 37.2 Å². The van der Waals surface area contributed by atoms with E-state index < -0.39 is 12.1 Å². The van der Waals surface area contributed by atoms with Crippen LogP contribution in [0.15, 0.2) is 18.2 Å². The smallest absolute Gasteiger partial charge is 0.225 e. The van der Waals surface area contributed by atoms with Crippen LogP contribution in [-0.4, -0.2) is 245 Å². The van der Waals surface area contributed by atoms with Crippen molar-refractivity contribution in [3.8, 4) is 0 Å². The molecule has 28 nitrogen and oxygen atoms in total. The molecule has 0 aromatic heterocycles. The van der Waals surface area contributed by atoms with Gasteiger partial charge in [-0.05, 0) is 101 Å². The van der Waals surface area contributed by atoms with Gasteiger partial charge in [0.15, 0.2) is 52.0 Å². The maximum atomic E-state index is 12.9. The molecule has 7 N–H and O–H groups in total. The van der Waals surface area contributed by atoms with Crippen LogP contribution in [0.1, 0.15) is 414 Å². The lowest BCUT2D eigenvalue weighted by Crippen LogP contribution is -2.49. The monoisotopic (exact) mass is 2070 g/mol. The van der Waals surface area contributed by atoms with Gasteiger partial charge in [0.25, 0.3) is 0 Å². The number of Topliss-reactive ketones (excluding diaryl/α,β-unsaturated/α-hetero) is 15. The first-order valence-electron chi connectivity index (χ1n) is 55.8. The van der Waals surface area contributed by atoms with Crippen molar-refractivity contribution in [1.29, 1.82) is 0 Å². The molecule has 0 heterocycles. The highest BCUT2D eigenvalue weighted by molar-refractivity contribution is 6.03. The zero-order valence-corrected chi connectivity index (χ0v) is 101. The van der Waals surface area contributed by atoms with Crippen LogP contribution in [0.4, 0.5) is 0 Å². The molecule has 28 heteroatoms. The van der Waals surface area contributed by atoms with E-state index in [4.69, 9.17) is 0 Å². The molecule has 850 valence electrons. The summed E-state index contributed by atoms with van der Waals surface area (Å²) >= 11 is 0. The van der Waals surface area contributed by atoms with Gasteiger partial charge in [0.2, 0.25) is 17.7 Å². The number of nitrogens with zero attached hydrogens (tertiary/aromatic N) is 3. The number of ketones is 15. The Kier molecular flexibility index (Phi) is 79.8. The third-order valence-corrected chi connectivity index (χ3v) is 24.6. The standard InChI is InChI=1S/2C22H40N2O4.C22H42N2O3.C21H38N2O4.C18H26O2.C14H30N2O/c2*1-13(2)19(25)11-9-18(22(28)15(5)6)24-20(26)12-10-17(23-16(7)8)21(27)14(3)4;1-15(2)20(25)13-24(14-21(26)16(3)4)19(22(27)17(5)6)11-9-10-12-23-18(7)8;1-14(2)18(24)11-22(12-19(25)15(3)4)9-10-23(21(27)17(7)8)13-20(26)16(5)6;1-11(2)7-14-8-15(17(19)12(3)4)10-16(9-14)18(20)13(5)6;1-10(2)14(17)13(16-12(5)6)8-7-9-15-11(3)4/h2*13-18,23H,9-12H2,1-8H3,(H,24,26);15-19,23H,9-14H2,1-8H3;14-17H,9-13H2,1-8H3;8-13H,7H2,1-6H3;10-13,15-16H,7-9H2,1-6H3/t;;;;;13-/m.....0/s1. The van der Waals surface area contributed by atoms with Gasteiger partial charge in [-0.15, -0.1) is 0 Å². The van der Waals surface area contributed by atoms with Crippen LogP contribution >= 0.6 is 0 Å². The van der Waals surface area contributed by atoms with Gasteiger partial charge in [-0.25, -0.2) is 0 Å². The lowest BCUT2D eigenvalue weighted by Gasteiger charge is -2.32. The Morgan fingerprint density at radius 1 is 0.252 bits per heavy atom. The molecule has 5 unspecified atom stereocenters. The SMILES string of the molecule is CC(C)C(=O)CN(CCN(CC(=O)C(C)C)C(=O)C(C)C)CC(=O)C(C)C.CC(C)Cc1cc(C(=O)C(C)C)cc(C(=O)C(C)C)c1.CC(C)NC(CCC(=O)NC(CCC(=O)C(C)C)C(=O)C(C)C)C(=O)C(C)C.CC(C)NC(CCC(=O)NC(CCC(=O)C(C)C)C(=O)C(C)C)C(=O)C(C)C.CC(C)NCCCCC(C(=O)C(C)C)N(CC(=O)C(C)C)CC(=O)C(C)C.CC(C)NCCC[C@H](NC(C)C)C(=O)C(C)C. The predicted octanol–water partition coefficient (Wildman–Crippen LogP) is 19.0. The van der Waals surface area contributed by atoms with E-state index in [2.05, 4.69) is 92.6 Å². The minimum atomic E-state index is -0.660. The van der Waals surface area contributed by atoms with Gasteiger partial charge < -0.3 is 42.1 Å². The van der Waals surface area contributed by atoms with Crippen LogP contribution in [0.2, 0.25) is 0 Å². The van der Waals surface area contributed by atoms with E-state index in [-0.39, 0.29) is 288 Å². The van der Waals surface area contributed by atoms with Crippen molar-refractivity contribution in [3.63, 3.8) is 0 Å². The average molecular weight is 2080 g/mol. The molecule has 0 bridgehead atoms. The second-order valence-electron chi connectivity index (χ2n) is 47.2. The van der Waals surface area contributed by atoms with Crippen molar-refractivity contribution >= 4 is 104 Å². The van der Waals surface area contributed by atoms with Crippen LogP contribution in [0, 0.1) is 101 Å². The Labute approximate surface area is 893 Å². The van der Waals surface area contributed by atoms with Crippen molar-refractivity contribution in [3.05, 3.63) is 34.9 Å². The fourth-order valence-electron chi connectivity index (χ4n) is 14.9. The highest BCUT2D eigenvalue weighted by atomic mass is 16.2. The van der Waals surface area contributed by atoms with E-state index in [9.17, 15) is 86.3 Å². The third-order valence-electron chi connectivity index (χ3n) is 24.6. The van der Waals surface area contributed by atoms with Crippen LogP contribution in [0.3, 0.4) is 0 Å². The molecule has 3 amide bonds. The molecule has 0 aliphatic rings. The van der Waals surface area contributed by atoms with E-state index in [0.29, 0.717) is 86.1 Å². The molecule has 0 fully saturated rings. The molecule has 0 spiro atoms. The number of nitrogens with one attached hydrogen (secondary N) is 7. The minimum absolute atomic E-state index is 0.00654. The molecule has 147 heavy (non-hydrogen) atoms. The van der Waals surface area contributed by atoms with E-state index in [0.717, 1.165) is 50.8 Å². The number of amides is 3. The Balaban J connectivity index is -0.000000553. The number of hydrogen-bond acceptors (Lipinski definition) is 25. The van der Waals surface area contributed by atoms with Gasteiger partial charge in [-0.2, -0.15) is 0 Å². The van der Waals surface area contributed by atoms with Gasteiger partial charge in [-0.3, -0.25) is 96.1 Å². The first kappa shape index (κ1) is 148. The van der Waals surface area contributed by atoms with Crippen molar-refractivity contribution in [1.82, 2.24) is 51.9 Å². The Morgan fingerprint density at radius 3 is 0.816 bits per heavy atom. The van der Waals surface area contributed by atoms with E-state index in [1.165, 1.54) is 0 Å². The number of unbranched alkanes of at least 4 members (excludes halogenated alkanes) is 1. The summed E-state index contributed by atoms with van der Waals surface area (Å²) in [6.45, 7) is 87.4. The predicted molar refractivity (Wildman–Crippen MR) is 601 cm³/mol. The maximum Gasteiger partial charge on any atom is 0.225 e. The summed E-state index contributed by atoms with van der Waals surface area (Å²) in [7, 11) is 0. The third kappa shape index (κ3) is 69.6. The van der Waals surface area contributed by atoms with Crippen LogP contribution in [-0.2, 0) is 83.1 Å². The van der Waals surface area contributed by atoms with E-state index in [1.54, 1.807) is 57.4 Å². The number of rotatable bonds is 71. The van der Waals surface area contributed by atoms with Gasteiger partial charge in [0.1, 0.15) is 34.7 Å². The fraction of sp³-hybridized carbons (Fsp3) is 0.798. The summed E-state index contributed by atoms with van der Waals surface area (Å²) < 4.78 is 0. The molecule has 0 aliphatic carbocycles. The van der Waals surface area contributed by atoms with Gasteiger partial charge in [0, 0.05) is 175 Å². The number of hydrogen-bond donors (Lipinski definition) is 7. The highest BCUT2D eigenvalue weighted by Crippen LogP contribution is 2.24. The number of carbonyl (C=O) groups is 18. The molecule has 6 atom stereocenters. The summed E-state index contributed by atoms with van der Waals surface area (Å²) in [4.78, 5) is 227. The van der Waals surface area contributed by atoms with E-state index in [1.807, 2.05) is 225 Å². The zero-order chi connectivity index (χ0) is 115. The molecule has 1 aromatic rings. The molecule has 1 rings (SSSR count). The topological polar surface area (TPSA) is 401 Å². The van der Waals surface area contributed by atoms with Crippen LogP contribution in [0.5, 0.6) is 0 Å². The fourth-order valence-corrected chi connectivity index (χ4v) is 14.9. The highest BCUT2D eigenvalue weighted by Gasteiger charge is 2.35. The second-order valence-corrected chi connectivity index (χ2v) is 47.2. The molecular formula is C119H216N10O18. The zero-order valence-electron chi connectivity index (χ0n) is 101. The van der Waals surface area contributed by atoms with Crippen molar-refractivity contribution in [2.75, 3.05) is 58.9 Å². The summed E-state index contributed by atoms with van der Waals surface area (Å²) in [6, 6.07) is 4.81. The minimum Gasteiger partial charge on any atom is -0.346 e.